The van der Waals surface area contributed by atoms with Crippen LogP contribution in [0.3, 0.4) is 0 Å². The number of ketones is 1. The van der Waals surface area contributed by atoms with Gasteiger partial charge in [0.15, 0.2) is 10.9 Å². The minimum atomic E-state index is -0.259. The van der Waals surface area contributed by atoms with Crippen LogP contribution in [0.5, 0.6) is 0 Å². The Kier molecular flexibility index (Phi) is 1.85. The Labute approximate surface area is 62.5 Å². The summed E-state index contributed by atoms with van der Waals surface area (Å²) < 4.78 is 12.6. The molecular weight excluding hydrogens is 151 g/mol. The SMILES string of the molecule is CC(=O)c1cc(C)c(F)s1. The van der Waals surface area contributed by atoms with Crippen molar-refractivity contribution in [3.63, 3.8) is 0 Å². The van der Waals surface area contributed by atoms with Crippen LogP contribution in [0.2, 0.25) is 0 Å². The highest BCUT2D eigenvalue weighted by Crippen LogP contribution is 2.19. The van der Waals surface area contributed by atoms with E-state index in [-0.39, 0.29) is 10.9 Å². The zero-order valence-corrected chi connectivity index (χ0v) is 6.59. The van der Waals surface area contributed by atoms with Gasteiger partial charge in [0.1, 0.15) is 0 Å². The van der Waals surface area contributed by atoms with E-state index >= 15 is 0 Å². The number of halogens is 1. The summed E-state index contributed by atoms with van der Waals surface area (Å²) in [6.07, 6.45) is 0. The number of Topliss-reactive ketones (excluding diaryl/α,β-unsaturated/α-hetero) is 1. The maximum absolute atomic E-state index is 12.6. The smallest absolute Gasteiger partial charge is 0.180 e. The average Bonchev–Trinajstić information content (AvgIpc) is 2.13. The summed E-state index contributed by atoms with van der Waals surface area (Å²) in [6.45, 7) is 3.09. The lowest BCUT2D eigenvalue weighted by molar-refractivity contribution is 0.102. The van der Waals surface area contributed by atoms with E-state index in [4.69, 9.17) is 0 Å². The van der Waals surface area contributed by atoms with Gasteiger partial charge < -0.3 is 0 Å². The molecule has 1 aromatic rings. The van der Waals surface area contributed by atoms with Gasteiger partial charge in [0.2, 0.25) is 0 Å². The lowest BCUT2D eigenvalue weighted by atomic mass is 10.3. The monoisotopic (exact) mass is 158 g/mol. The molecule has 1 heterocycles. The third-order valence-corrected chi connectivity index (χ3v) is 2.33. The number of carbonyl (C=O) groups excluding carboxylic acids is 1. The van der Waals surface area contributed by atoms with Gasteiger partial charge in [0.05, 0.1) is 4.88 Å². The highest BCUT2D eigenvalue weighted by atomic mass is 32.1. The van der Waals surface area contributed by atoms with E-state index in [1.807, 2.05) is 0 Å². The molecule has 0 amide bonds. The summed E-state index contributed by atoms with van der Waals surface area (Å²) in [4.78, 5) is 11.2. The molecule has 0 aromatic carbocycles. The standard InChI is InChI=1S/C7H7FOS/c1-4-3-6(5(2)9)10-7(4)8/h3H,1-2H3. The summed E-state index contributed by atoms with van der Waals surface area (Å²) in [7, 11) is 0. The van der Waals surface area contributed by atoms with Crippen LogP contribution in [0.1, 0.15) is 22.2 Å². The summed E-state index contributed by atoms with van der Waals surface area (Å²) in [6, 6.07) is 1.57. The topological polar surface area (TPSA) is 17.1 Å². The van der Waals surface area contributed by atoms with Gasteiger partial charge >= 0.3 is 0 Å². The van der Waals surface area contributed by atoms with Crippen molar-refractivity contribution in [1.82, 2.24) is 0 Å². The van der Waals surface area contributed by atoms with Crippen molar-refractivity contribution < 1.29 is 9.18 Å². The number of hydrogen-bond donors (Lipinski definition) is 0. The summed E-state index contributed by atoms with van der Waals surface area (Å²) in [5.41, 5.74) is 0.551. The lowest BCUT2D eigenvalue weighted by Gasteiger charge is -1.80. The molecule has 0 fully saturated rings. The van der Waals surface area contributed by atoms with Gasteiger partial charge in [0, 0.05) is 0 Å². The molecular formula is C7H7FOS. The summed E-state index contributed by atoms with van der Waals surface area (Å²) in [5, 5.41) is -0.259. The molecule has 0 bridgehead atoms. The molecule has 0 saturated heterocycles. The molecule has 0 aliphatic heterocycles. The Bertz CT molecular complexity index is 245. The van der Waals surface area contributed by atoms with Gasteiger partial charge in [-0.1, -0.05) is 0 Å². The molecule has 10 heavy (non-hydrogen) atoms. The van der Waals surface area contributed by atoms with E-state index in [2.05, 4.69) is 0 Å². The third-order valence-electron chi connectivity index (χ3n) is 1.20. The fourth-order valence-corrected chi connectivity index (χ4v) is 1.43. The van der Waals surface area contributed by atoms with Crippen LogP contribution < -0.4 is 0 Å². The molecule has 0 aliphatic carbocycles. The molecule has 0 saturated carbocycles. The largest absolute Gasteiger partial charge is 0.294 e. The summed E-state index contributed by atoms with van der Waals surface area (Å²) >= 11 is 0.906. The van der Waals surface area contributed by atoms with Crippen LogP contribution in [0, 0.1) is 12.1 Å². The van der Waals surface area contributed by atoms with Crippen molar-refractivity contribution in [2.45, 2.75) is 13.8 Å². The molecule has 0 unspecified atom stereocenters. The lowest BCUT2D eigenvalue weighted by Crippen LogP contribution is -1.83. The van der Waals surface area contributed by atoms with Gasteiger partial charge in [-0.2, -0.15) is 4.39 Å². The van der Waals surface area contributed by atoms with Crippen molar-refractivity contribution in [3.8, 4) is 0 Å². The first-order valence-electron chi connectivity index (χ1n) is 2.88. The highest BCUT2D eigenvalue weighted by molar-refractivity contribution is 7.12. The number of aryl methyl sites for hydroxylation is 1. The molecule has 0 aliphatic rings. The molecule has 0 atom stereocenters. The number of hydrogen-bond acceptors (Lipinski definition) is 2. The Morgan fingerprint density at radius 2 is 2.30 bits per heavy atom. The van der Waals surface area contributed by atoms with Crippen molar-refractivity contribution in [3.05, 3.63) is 21.6 Å². The van der Waals surface area contributed by atoms with Crippen LogP contribution >= 0.6 is 11.3 Å². The first-order valence-corrected chi connectivity index (χ1v) is 3.70. The van der Waals surface area contributed by atoms with Crippen molar-refractivity contribution in [2.75, 3.05) is 0 Å². The predicted molar refractivity (Wildman–Crippen MR) is 39.0 cm³/mol. The molecule has 0 radical (unpaired) electrons. The van der Waals surface area contributed by atoms with E-state index in [0.717, 1.165) is 11.3 Å². The average molecular weight is 158 g/mol. The van der Waals surface area contributed by atoms with Crippen molar-refractivity contribution in [2.24, 2.45) is 0 Å². The second-order valence-corrected chi connectivity index (χ2v) is 3.13. The van der Waals surface area contributed by atoms with E-state index < -0.39 is 0 Å². The maximum atomic E-state index is 12.6. The number of carbonyl (C=O) groups is 1. The zero-order valence-electron chi connectivity index (χ0n) is 5.77. The van der Waals surface area contributed by atoms with Crippen LogP contribution in [-0.4, -0.2) is 5.78 Å². The molecule has 54 valence electrons. The van der Waals surface area contributed by atoms with E-state index in [9.17, 15) is 9.18 Å². The minimum Gasteiger partial charge on any atom is -0.294 e. The Hall–Kier alpha value is -0.700. The second-order valence-electron chi connectivity index (χ2n) is 2.12. The van der Waals surface area contributed by atoms with Crippen LogP contribution in [0.25, 0.3) is 0 Å². The van der Waals surface area contributed by atoms with E-state index in [0.29, 0.717) is 10.4 Å². The van der Waals surface area contributed by atoms with Crippen molar-refractivity contribution in [1.29, 1.82) is 0 Å². The van der Waals surface area contributed by atoms with E-state index in [1.165, 1.54) is 6.92 Å². The van der Waals surface area contributed by atoms with Crippen LogP contribution in [0.4, 0.5) is 4.39 Å². The number of thiophene rings is 1. The van der Waals surface area contributed by atoms with Gasteiger partial charge in [-0.25, -0.2) is 0 Å². The summed E-state index contributed by atoms with van der Waals surface area (Å²) in [5.74, 6) is -0.0722. The fraction of sp³-hybridized carbons (Fsp3) is 0.286. The first kappa shape index (κ1) is 7.41. The second kappa shape index (κ2) is 2.50. The van der Waals surface area contributed by atoms with Gasteiger partial charge in [-0.05, 0) is 25.5 Å². The van der Waals surface area contributed by atoms with Gasteiger partial charge in [-0.3, -0.25) is 4.79 Å². The van der Waals surface area contributed by atoms with Crippen LogP contribution in [-0.2, 0) is 0 Å². The molecule has 1 rings (SSSR count). The van der Waals surface area contributed by atoms with Crippen molar-refractivity contribution >= 4 is 17.1 Å². The molecule has 0 N–H and O–H groups in total. The minimum absolute atomic E-state index is 0.0722. The highest BCUT2D eigenvalue weighted by Gasteiger charge is 2.06. The third kappa shape index (κ3) is 1.24. The maximum Gasteiger partial charge on any atom is 0.180 e. The Balaban J connectivity index is 3.10. The Morgan fingerprint density at radius 3 is 2.50 bits per heavy atom. The Morgan fingerprint density at radius 1 is 1.70 bits per heavy atom. The normalized spacial score (nSPS) is 9.90. The molecule has 0 spiro atoms. The first-order chi connectivity index (χ1) is 4.61. The molecule has 1 aromatic heterocycles. The predicted octanol–water partition coefficient (Wildman–Crippen LogP) is 2.40. The number of rotatable bonds is 1. The molecule has 1 nitrogen and oxygen atoms in total. The van der Waals surface area contributed by atoms with E-state index in [1.54, 1.807) is 13.0 Å². The van der Waals surface area contributed by atoms with Gasteiger partial charge in [0.25, 0.3) is 0 Å². The molecule has 3 heteroatoms. The quantitative estimate of drug-likeness (QED) is 0.573. The van der Waals surface area contributed by atoms with Crippen LogP contribution in [0.15, 0.2) is 6.07 Å². The van der Waals surface area contributed by atoms with Gasteiger partial charge in [-0.15, -0.1) is 11.3 Å². The fourth-order valence-electron chi connectivity index (χ4n) is 0.633. The zero-order chi connectivity index (χ0) is 7.72.